The summed E-state index contributed by atoms with van der Waals surface area (Å²) in [6, 6.07) is 29.8. The predicted molar refractivity (Wildman–Crippen MR) is 101 cm³/mol. The Bertz CT molecular complexity index is 869. The number of anilines is 1. The number of H-pyrrole nitrogens is 1. The normalized spacial score (nSPS) is 10.8. The number of benzene rings is 3. The first kappa shape index (κ1) is 14.6. The van der Waals surface area contributed by atoms with Crippen LogP contribution >= 0.6 is 0 Å². The van der Waals surface area contributed by atoms with Crippen LogP contribution in [0.2, 0.25) is 0 Å². The molecule has 0 spiro atoms. The molecule has 0 atom stereocenters. The zero-order valence-corrected chi connectivity index (χ0v) is 13.5. The van der Waals surface area contributed by atoms with Crippen molar-refractivity contribution in [1.82, 2.24) is 4.98 Å². The minimum absolute atomic E-state index is 0.875. The molecule has 0 aliphatic rings. The first-order valence-corrected chi connectivity index (χ1v) is 8.29. The van der Waals surface area contributed by atoms with Crippen molar-refractivity contribution in [1.29, 1.82) is 0 Å². The number of nitrogens with one attached hydrogen (secondary N) is 1. The zero-order chi connectivity index (χ0) is 16.2. The summed E-state index contributed by atoms with van der Waals surface area (Å²) >= 11 is 0. The fraction of sp³-hybridized carbons (Fsp3) is 0.0909. The van der Waals surface area contributed by atoms with Gasteiger partial charge in [-0.3, -0.25) is 0 Å². The van der Waals surface area contributed by atoms with Gasteiger partial charge in [-0.2, -0.15) is 0 Å². The van der Waals surface area contributed by atoms with E-state index in [0.717, 1.165) is 13.1 Å². The quantitative estimate of drug-likeness (QED) is 0.524. The number of aromatic amines is 1. The van der Waals surface area contributed by atoms with E-state index < -0.39 is 0 Å². The lowest BCUT2D eigenvalue weighted by atomic mass is 10.1. The average Bonchev–Trinajstić information content (AvgIpc) is 3.07. The molecule has 2 heteroatoms. The summed E-state index contributed by atoms with van der Waals surface area (Å²) in [4.78, 5) is 5.89. The molecule has 1 N–H and O–H groups in total. The molecule has 1 aromatic heterocycles. The first-order chi connectivity index (χ1) is 11.9. The van der Waals surface area contributed by atoms with Crippen LogP contribution < -0.4 is 4.90 Å². The molecule has 0 fully saturated rings. The van der Waals surface area contributed by atoms with Gasteiger partial charge in [0.25, 0.3) is 0 Å². The smallest absolute Gasteiger partial charge is 0.114 e. The average molecular weight is 312 g/mol. The second-order valence-corrected chi connectivity index (χ2v) is 6.05. The van der Waals surface area contributed by atoms with Gasteiger partial charge in [-0.05, 0) is 11.1 Å². The van der Waals surface area contributed by atoms with Crippen molar-refractivity contribution in [3.05, 3.63) is 102 Å². The molecule has 0 aliphatic heterocycles. The summed E-state index contributed by atoms with van der Waals surface area (Å²) in [5.41, 5.74) is 2.62. The Kier molecular flexibility index (Phi) is 4.03. The predicted octanol–water partition coefficient (Wildman–Crippen LogP) is 5.37. The third kappa shape index (κ3) is 3.04. The Morgan fingerprint density at radius 3 is 1.79 bits per heavy atom. The van der Waals surface area contributed by atoms with Crippen LogP contribution in [0.15, 0.2) is 91.1 Å². The van der Waals surface area contributed by atoms with Gasteiger partial charge in [-0.25, -0.2) is 0 Å². The Labute approximate surface area is 142 Å². The fourth-order valence-corrected chi connectivity index (χ4v) is 3.15. The molecule has 0 bridgehead atoms. The molecule has 4 aromatic rings. The number of fused-ring (bicyclic) bond motifs is 1. The first-order valence-electron chi connectivity index (χ1n) is 8.29. The lowest BCUT2D eigenvalue weighted by Crippen LogP contribution is -2.22. The van der Waals surface area contributed by atoms with Gasteiger partial charge in [0.15, 0.2) is 0 Å². The Morgan fingerprint density at radius 1 is 0.625 bits per heavy atom. The third-order valence-electron chi connectivity index (χ3n) is 4.33. The molecular weight excluding hydrogens is 292 g/mol. The summed E-state index contributed by atoms with van der Waals surface area (Å²) in [5, 5.41) is 2.52. The fourth-order valence-electron chi connectivity index (χ4n) is 3.15. The molecule has 0 radical (unpaired) electrons. The molecule has 4 rings (SSSR count). The highest BCUT2D eigenvalue weighted by molar-refractivity contribution is 5.93. The molecule has 24 heavy (non-hydrogen) atoms. The minimum atomic E-state index is 0.875. The van der Waals surface area contributed by atoms with Gasteiger partial charge in [-0.15, -0.1) is 0 Å². The second kappa shape index (κ2) is 6.63. The minimum Gasteiger partial charge on any atom is -0.349 e. The van der Waals surface area contributed by atoms with E-state index in [0.29, 0.717) is 0 Å². The zero-order valence-electron chi connectivity index (χ0n) is 13.5. The van der Waals surface area contributed by atoms with E-state index >= 15 is 0 Å². The maximum absolute atomic E-state index is 3.48. The van der Waals surface area contributed by atoms with E-state index in [9.17, 15) is 0 Å². The number of nitrogens with zero attached hydrogens (tertiary/aromatic N) is 1. The van der Waals surface area contributed by atoms with Gasteiger partial charge in [0, 0.05) is 30.1 Å². The molecule has 0 saturated heterocycles. The van der Waals surface area contributed by atoms with E-state index in [1.54, 1.807) is 0 Å². The maximum Gasteiger partial charge on any atom is 0.114 e. The highest BCUT2D eigenvalue weighted by Crippen LogP contribution is 2.28. The SMILES string of the molecule is c1ccc(CN(Cc2ccccc2)c2[nH]cc3ccccc23)cc1. The Balaban J connectivity index is 1.72. The van der Waals surface area contributed by atoms with Gasteiger partial charge < -0.3 is 9.88 Å². The molecule has 0 saturated carbocycles. The van der Waals surface area contributed by atoms with Crippen LogP contribution in [0.1, 0.15) is 11.1 Å². The second-order valence-electron chi connectivity index (χ2n) is 6.05. The highest BCUT2D eigenvalue weighted by atomic mass is 15.2. The van der Waals surface area contributed by atoms with Crippen molar-refractivity contribution in [2.45, 2.75) is 13.1 Å². The Hall–Kier alpha value is -3.00. The van der Waals surface area contributed by atoms with E-state index in [4.69, 9.17) is 0 Å². The van der Waals surface area contributed by atoms with Crippen molar-refractivity contribution < 1.29 is 0 Å². The van der Waals surface area contributed by atoms with Crippen LogP contribution in [0.3, 0.4) is 0 Å². The van der Waals surface area contributed by atoms with Crippen LogP contribution in [-0.2, 0) is 13.1 Å². The summed E-state index contributed by atoms with van der Waals surface area (Å²) in [6.07, 6.45) is 2.09. The van der Waals surface area contributed by atoms with Crippen LogP contribution in [0.4, 0.5) is 5.82 Å². The largest absolute Gasteiger partial charge is 0.349 e. The Morgan fingerprint density at radius 2 is 1.17 bits per heavy atom. The summed E-state index contributed by atoms with van der Waals surface area (Å²) in [6.45, 7) is 1.75. The maximum atomic E-state index is 3.48. The number of rotatable bonds is 5. The molecule has 0 amide bonds. The summed E-state index contributed by atoms with van der Waals surface area (Å²) in [7, 11) is 0. The van der Waals surface area contributed by atoms with Crippen molar-refractivity contribution in [3.63, 3.8) is 0 Å². The van der Waals surface area contributed by atoms with E-state index in [-0.39, 0.29) is 0 Å². The van der Waals surface area contributed by atoms with Crippen LogP contribution in [0.25, 0.3) is 10.8 Å². The van der Waals surface area contributed by atoms with Gasteiger partial charge in [-0.1, -0.05) is 84.9 Å². The molecule has 1 heterocycles. The molecule has 3 aromatic carbocycles. The van der Waals surface area contributed by atoms with Gasteiger partial charge in [0.05, 0.1) is 0 Å². The van der Waals surface area contributed by atoms with Crippen LogP contribution in [0.5, 0.6) is 0 Å². The van der Waals surface area contributed by atoms with Crippen molar-refractivity contribution >= 4 is 16.6 Å². The van der Waals surface area contributed by atoms with E-state index in [1.165, 1.54) is 27.7 Å². The lowest BCUT2D eigenvalue weighted by molar-refractivity contribution is 0.790. The molecule has 118 valence electrons. The van der Waals surface area contributed by atoms with Crippen molar-refractivity contribution in [3.8, 4) is 0 Å². The van der Waals surface area contributed by atoms with Crippen LogP contribution in [-0.4, -0.2) is 4.98 Å². The third-order valence-corrected chi connectivity index (χ3v) is 4.33. The van der Waals surface area contributed by atoms with Gasteiger partial charge in [0.1, 0.15) is 5.82 Å². The topological polar surface area (TPSA) is 19.0 Å². The number of hydrogen-bond acceptors (Lipinski definition) is 1. The van der Waals surface area contributed by atoms with Crippen molar-refractivity contribution in [2.75, 3.05) is 4.90 Å². The monoisotopic (exact) mass is 312 g/mol. The highest BCUT2D eigenvalue weighted by Gasteiger charge is 2.13. The molecular formula is C22H20N2. The van der Waals surface area contributed by atoms with E-state index in [2.05, 4.69) is 101 Å². The molecule has 0 unspecified atom stereocenters. The van der Waals surface area contributed by atoms with Crippen molar-refractivity contribution in [2.24, 2.45) is 0 Å². The standard InChI is InChI=1S/C22H20N2/c1-3-9-18(10-4-1)16-24(17-19-11-5-2-6-12-19)22-21-14-8-7-13-20(21)15-23-22/h1-15,23H,16-17H2. The molecule has 0 aliphatic carbocycles. The summed E-state index contributed by atoms with van der Waals surface area (Å²) in [5.74, 6) is 1.18. The number of aromatic nitrogens is 1. The van der Waals surface area contributed by atoms with Crippen LogP contribution in [0, 0.1) is 0 Å². The number of hydrogen-bond donors (Lipinski definition) is 1. The molecule has 2 nitrogen and oxygen atoms in total. The lowest BCUT2D eigenvalue weighted by Gasteiger charge is -2.24. The summed E-state index contributed by atoms with van der Waals surface area (Å²) < 4.78 is 0. The van der Waals surface area contributed by atoms with Gasteiger partial charge >= 0.3 is 0 Å². The van der Waals surface area contributed by atoms with Gasteiger partial charge in [0.2, 0.25) is 0 Å². The van der Waals surface area contributed by atoms with E-state index in [1.807, 2.05) is 0 Å².